The van der Waals surface area contributed by atoms with Crippen LogP contribution in [-0.2, 0) is 6.61 Å². The molecule has 120 valence electrons. The normalized spacial score (nSPS) is 10.5. The van der Waals surface area contributed by atoms with Crippen LogP contribution in [0.1, 0.15) is 11.1 Å². The number of carbonyl (C=O) groups excluding carboxylic acids is 1. The minimum atomic E-state index is -0.714. The van der Waals surface area contributed by atoms with Gasteiger partial charge in [-0.15, -0.1) is 0 Å². The highest BCUT2D eigenvalue weighted by atomic mass is 79.9. The van der Waals surface area contributed by atoms with Gasteiger partial charge in [0.05, 0.1) is 13.3 Å². The maximum Gasteiger partial charge on any atom is 0.332 e. The molecule has 0 aliphatic heterocycles. The van der Waals surface area contributed by atoms with E-state index in [0.29, 0.717) is 12.4 Å². The molecule has 0 aliphatic carbocycles. The molecule has 7 heteroatoms. The summed E-state index contributed by atoms with van der Waals surface area (Å²) in [7, 11) is 1.60. The molecular formula is C16H16BrN3O3. The third-order valence-corrected chi connectivity index (χ3v) is 3.43. The van der Waals surface area contributed by atoms with Crippen LogP contribution in [-0.4, -0.2) is 19.4 Å². The molecule has 0 atom stereocenters. The van der Waals surface area contributed by atoms with Gasteiger partial charge >= 0.3 is 6.03 Å². The van der Waals surface area contributed by atoms with E-state index in [0.717, 1.165) is 21.3 Å². The Morgan fingerprint density at radius 3 is 2.70 bits per heavy atom. The molecule has 0 fully saturated rings. The molecule has 0 saturated carbocycles. The van der Waals surface area contributed by atoms with Gasteiger partial charge in [-0.3, -0.25) is 0 Å². The summed E-state index contributed by atoms with van der Waals surface area (Å²) in [6, 6.07) is 12.3. The fourth-order valence-corrected chi connectivity index (χ4v) is 2.12. The van der Waals surface area contributed by atoms with Crippen molar-refractivity contribution >= 4 is 28.2 Å². The molecule has 2 aromatic carbocycles. The van der Waals surface area contributed by atoms with Crippen LogP contribution in [0.5, 0.6) is 11.5 Å². The van der Waals surface area contributed by atoms with Gasteiger partial charge in [0.15, 0.2) is 0 Å². The van der Waals surface area contributed by atoms with Crippen molar-refractivity contribution in [1.82, 2.24) is 5.43 Å². The van der Waals surface area contributed by atoms with Crippen LogP contribution in [0.2, 0.25) is 0 Å². The van der Waals surface area contributed by atoms with Gasteiger partial charge < -0.3 is 15.2 Å². The number of carbonyl (C=O) groups is 1. The summed E-state index contributed by atoms with van der Waals surface area (Å²) in [6.07, 6.45) is 1.49. The number of nitrogens with two attached hydrogens (primary N) is 1. The zero-order chi connectivity index (χ0) is 16.7. The predicted molar refractivity (Wildman–Crippen MR) is 91.8 cm³/mol. The molecule has 0 aliphatic rings. The monoisotopic (exact) mass is 377 g/mol. The van der Waals surface area contributed by atoms with E-state index >= 15 is 0 Å². The molecule has 2 amide bonds. The largest absolute Gasteiger partial charge is 0.496 e. The van der Waals surface area contributed by atoms with Gasteiger partial charge in [-0.05, 0) is 48.0 Å². The molecule has 0 bridgehead atoms. The number of benzene rings is 2. The summed E-state index contributed by atoms with van der Waals surface area (Å²) < 4.78 is 12.1. The summed E-state index contributed by atoms with van der Waals surface area (Å²) in [6.45, 7) is 0.343. The lowest BCUT2D eigenvalue weighted by atomic mass is 10.1. The number of ether oxygens (including phenoxy) is 2. The van der Waals surface area contributed by atoms with Gasteiger partial charge in [0.1, 0.15) is 18.1 Å². The Labute approximate surface area is 142 Å². The predicted octanol–water partition coefficient (Wildman–Crippen LogP) is 3.04. The highest BCUT2D eigenvalue weighted by Crippen LogP contribution is 2.22. The maximum absolute atomic E-state index is 10.6. The molecule has 0 saturated heterocycles. The van der Waals surface area contributed by atoms with Gasteiger partial charge in [-0.2, -0.15) is 5.10 Å². The fourth-order valence-electron chi connectivity index (χ4n) is 1.85. The number of hydrogen-bond donors (Lipinski definition) is 2. The lowest BCUT2D eigenvalue weighted by molar-refractivity contribution is 0.249. The number of amides is 2. The van der Waals surface area contributed by atoms with Crippen LogP contribution in [0.3, 0.4) is 0 Å². The fraction of sp³-hybridized carbons (Fsp3) is 0.125. The molecule has 0 unspecified atom stereocenters. The van der Waals surface area contributed by atoms with Crippen molar-refractivity contribution in [2.45, 2.75) is 6.61 Å². The number of methoxy groups -OCH3 is 1. The Bertz CT molecular complexity index is 702. The van der Waals surface area contributed by atoms with Crippen molar-refractivity contribution in [2.24, 2.45) is 10.8 Å². The number of halogens is 1. The topological polar surface area (TPSA) is 85.9 Å². The van der Waals surface area contributed by atoms with E-state index < -0.39 is 6.03 Å². The molecule has 0 spiro atoms. The van der Waals surface area contributed by atoms with Crippen LogP contribution in [0.25, 0.3) is 0 Å². The Kier molecular flexibility index (Phi) is 5.99. The van der Waals surface area contributed by atoms with E-state index in [1.165, 1.54) is 6.21 Å². The molecule has 0 radical (unpaired) electrons. The molecule has 6 nitrogen and oxygen atoms in total. The highest BCUT2D eigenvalue weighted by Gasteiger charge is 2.05. The summed E-state index contributed by atoms with van der Waals surface area (Å²) in [5, 5.41) is 3.73. The first kappa shape index (κ1) is 16.8. The molecule has 0 aromatic heterocycles. The third kappa shape index (κ3) is 5.30. The second-order valence-electron chi connectivity index (χ2n) is 4.55. The number of urea groups is 1. The molecule has 2 rings (SSSR count). The Morgan fingerprint density at radius 2 is 2.04 bits per heavy atom. The second-order valence-corrected chi connectivity index (χ2v) is 5.46. The average Bonchev–Trinajstić information content (AvgIpc) is 2.54. The lowest BCUT2D eigenvalue weighted by Gasteiger charge is -2.11. The highest BCUT2D eigenvalue weighted by molar-refractivity contribution is 9.10. The van der Waals surface area contributed by atoms with Crippen molar-refractivity contribution in [1.29, 1.82) is 0 Å². The number of primary amides is 1. The standard InChI is InChI=1S/C16H16BrN3O3/c1-22-15-7-2-11(9-19-20-16(18)21)8-12(15)10-23-14-5-3-13(17)4-6-14/h2-9H,10H2,1H3,(H3,18,20,21). The van der Waals surface area contributed by atoms with Crippen molar-refractivity contribution in [3.05, 3.63) is 58.1 Å². The summed E-state index contributed by atoms with van der Waals surface area (Å²) in [4.78, 5) is 10.6. The smallest absolute Gasteiger partial charge is 0.332 e. The van der Waals surface area contributed by atoms with Crippen molar-refractivity contribution in [2.75, 3.05) is 7.11 Å². The van der Waals surface area contributed by atoms with Crippen LogP contribution >= 0.6 is 15.9 Å². The van der Waals surface area contributed by atoms with Crippen LogP contribution in [0.15, 0.2) is 52.0 Å². The van der Waals surface area contributed by atoms with Crippen molar-refractivity contribution in [3.8, 4) is 11.5 Å². The van der Waals surface area contributed by atoms with E-state index in [-0.39, 0.29) is 0 Å². The third-order valence-electron chi connectivity index (χ3n) is 2.90. The van der Waals surface area contributed by atoms with E-state index in [9.17, 15) is 4.79 Å². The second kappa shape index (κ2) is 8.19. The minimum Gasteiger partial charge on any atom is -0.496 e. The summed E-state index contributed by atoms with van der Waals surface area (Å²) >= 11 is 3.38. The van der Waals surface area contributed by atoms with Crippen LogP contribution < -0.4 is 20.6 Å². The average molecular weight is 378 g/mol. The maximum atomic E-state index is 10.6. The Hall–Kier alpha value is -2.54. The van der Waals surface area contributed by atoms with Crippen LogP contribution in [0, 0.1) is 0 Å². The summed E-state index contributed by atoms with van der Waals surface area (Å²) in [5.74, 6) is 1.46. The molecular weight excluding hydrogens is 362 g/mol. The SMILES string of the molecule is COc1ccc(C=NNC(N)=O)cc1COc1ccc(Br)cc1. The van der Waals surface area contributed by atoms with Crippen molar-refractivity contribution in [3.63, 3.8) is 0 Å². The van der Waals surface area contributed by atoms with Gasteiger partial charge in [-0.25, -0.2) is 10.2 Å². The molecule has 3 N–H and O–H groups in total. The zero-order valence-electron chi connectivity index (χ0n) is 12.5. The number of nitrogens with one attached hydrogen (secondary N) is 1. The first-order valence-electron chi connectivity index (χ1n) is 6.72. The Balaban J connectivity index is 2.10. The quantitative estimate of drug-likeness (QED) is 0.599. The van der Waals surface area contributed by atoms with Crippen molar-refractivity contribution < 1.29 is 14.3 Å². The number of rotatable bonds is 6. The molecule has 2 aromatic rings. The first-order chi connectivity index (χ1) is 11.1. The van der Waals surface area contributed by atoms with Gasteiger partial charge in [0.25, 0.3) is 0 Å². The molecule has 0 heterocycles. The van der Waals surface area contributed by atoms with E-state index in [4.69, 9.17) is 15.2 Å². The minimum absolute atomic E-state index is 0.343. The van der Waals surface area contributed by atoms with E-state index in [1.807, 2.05) is 42.5 Å². The van der Waals surface area contributed by atoms with Gasteiger partial charge in [-0.1, -0.05) is 15.9 Å². The van der Waals surface area contributed by atoms with Gasteiger partial charge in [0.2, 0.25) is 0 Å². The van der Waals surface area contributed by atoms with Crippen LogP contribution in [0.4, 0.5) is 4.79 Å². The summed E-state index contributed by atoms with van der Waals surface area (Å²) in [5.41, 5.74) is 8.74. The van der Waals surface area contributed by atoms with Gasteiger partial charge in [0, 0.05) is 10.0 Å². The zero-order valence-corrected chi connectivity index (χ0v) is 14.0. The number of hydrogen-bond acceptors (Lipinski definition) is 4. The Morgan fingerprint density at radius 1 is 1.30 bits per heavy atom. The first-order valence-corrected chi connectivity index (χ1v) is 7.51. The van der Waals surface area contributed by atoms with E-state index in [2.05, 4.69) is 26.5 Å². The number of nitrogens with zero attached hydrogens (tertiary/aromatic N) is 1. The number of hydrazone groups is 1. The van der Waals surface area contributed by atoms with E-state index in [1.54, 1.807) is 7.11 Å². The lowest BCUT2D eigenvalue weighted by Crippen LogP contribution is -2.24. The molecule has 23 heavy (non-hydrogen) atoms.